The van der Waals surface area contributed by atoms with E-state index in [2.05, 4.69) is 38.1 Å². The van der Waals surface area contributed by atoms with Gasteiger partial charge in [-0.05, 0) is 86.3 Å². The summed E-state index contributed by atoms with van der Waals surface area (Å²) >= 11 is 0. The van der Waals surface area contributed by atoms with Crippen LogP contribution in [0, 0.1) is 23.7 Å². The number of hydrogen-bond donors (Lipinski definition) is 0. The predicted octanol–water partition coefficient (Wildman–Crippen LogP) is 7.82. The Balaban J connectivity index is 1.33. The third kappa shape index (κ3) is 6.54. The van der Waals surface area contributed by atoms with Gasteiger partial charge in [0, 0.05) is 0 Å². The van der Waals surface area contributed by atoms with Crippen LogP contribution in [0.1, 0.15) is 96.5 Å². The summed E-state index contributed by atoms with van der Waals surface area (Å²) in [6.07, 6.45) is 18.4. The van der Waals surface area contributed by atoms with Crippen molar-refractivity contribution in [1.29, 1.82) is 0 Å². The summed E-state index contributed by atoms with van der Waals surface area (Å²) in [5.41, 5.74) is 1.48. The van der Waals surface area contributed by atoms with Crippen molar-refractivity contribution in [3.63, 3.8) is 0 Å². The summed E-state index contributed by atoms with van der Waals surface area (Å²) in [4.78, 5) is 0. The van der Waals surface area contributed by atoms with E-state index in [4.69, 9.17) is 4.74 Å². The molecule has 27 heavy (non-hydrogen) atoms. The van der Waals surface area contributed by atoms with Crippen molar-refractivity contribution in [3.8, 4) is 5.75 Å². The Bertz CT molecular complexity index is 504. The molecule has 0 saturated heterocycles. The van der Waals surface area contributed by atoms with Crippen LogP contribution in [0.25, 0.3) is 0 Å². The second-order valence-electron chi connectivity index (χ2n) is 9.35. The molecule has 0 N–H and O–H groups in total. The molecule has 0 atom stereocenters. The lowest BCUT2D eigenvalue weighted by Gasteiger charge is -2.37. The van der Waals surface area contributed by atoms with Gasteiger partial charge < -0.3 is 4.74 Å². The third-order valence-electron chi connectivity index (χ3n) is 7.56. The number of ether oxygens (including phenoxy) is 1. The van der Waals surface area contributed by atoms with Gasteiger partial charge in [-0.2, -0.15) is 0 Å². The van der Waals surface area contributed by atoms with Crippen molar-refractivity contribution >= 4 is 0 Å². The van der Waals surface area contributed by atoms with Gasteiger partial charge in [0.15, 0.2) is 0 Å². The maximum Gasteiger partial charge on any atom is 0.119 e. The highest BCUT2D eigenvalue weighted by atomic mass is 16.5. The first kappa shape index (κ1) is 20.7. The van der Waals surface area contributed by atoms with Gasteiger partial charge in [0.1, 0.15) is 5.75 Å². The minimum absolute atomic E-state index is 0.846. The number of aryl methyl sites for hydroxylation is 1. The van der Waals surface area contributed by atoms with Gasteiger partial charge in [0.25, 0.3) is 0 Å². The Hall–Kier alpha value is -0.980. The minimum Gasteiger partial charge on any atom is -0.494 e. The Morgan fingerprint density at radius 2 is 1.37 bits per heavy atom. The normalized spacial score (nSPS) is 28.8. The zero-order valence-corrected chi connectivity index (χ0v) is 17.9. The van der Waals surface area contributed by atoms with Crippen LogP contribution >= 0.6 is 0 Å². The molecule has 1 aromatic rings. The van der Waals surface area contributed by atoms with E-state index in [1.807, 2.05) is 0 Å². The van der Waals surface area contributed by atoms with Crippen molar-refractivity contribution in [2.75, 3.05) is 6.61 Å². The first-order valence-electron chi connectivity index (χ1n) is 12.0. The van der Waals surface area contributed by atoms with Gasteiger partial charge in [-0.3, -0.25) is 0 Å². The molecule has 0 amide bonds. The maximum atomic E-state index is 5.78. The molecule has 2 saturated carbocycles. The van der Waals surface area contributed by atoms with E-state index in [1.165, 1.54) is 82.6 Å². The molecule has 0 aromatic heterocycles. The summed E-state index contributed by atoms with van der Waals surface area (Å²) in [5, 5.41) is 0. The number of benzene rings is 1. The largest absolute Gasteiger partial charge is 0.494 e. The lowest BCUT2D eigenvalue weighted by Crippen LogP contribution is -2.25. The Morgan fingerprint density at radius 3 is 1.93 bits per heavy atom. The highest BCUT2D eigenvalue weighted by molar-refractivity contribution is 5.27. The van der Waals surface area contributed by atoms with Crippen LogP contribution in [0.3, 0.4) is 0 Å². The van der Waals surface area contributed by atoms with Gasteiger partial charge in [-0.15, -0.1) is 0 Å². The smallest absolute Gasteiger partial charge is 0.119 e. The fourth-order valence-electron chi connectivity index (χ4n) is 5.47. The summed E-state index contributed by atoms with van der Waals surface area (Å²) in [5.74, 6) is 5.16. The van der Waals surface area contributed by atoms with Crippen molar-refractivity contribution in [1.82, 2.24) is 0 Å². The van der Waals surface area contributed by atoms with Crippen molar-refractivity contribution in [2.45, 2.75) is 97.3 Å². The van der Waals surface area contributed by atoms with Crippen LogP contribution in [0.5, 0.6) is 5.75 Å². The zero-order chi connectivity index (χ0) is 18.9. The minimum atomic E-state index is 0.846. The molecule has 0 aliphatic heterocycles. The Labute approximate surface area is 168 Å². The summed E-state index contributed by atoms with van der Waals surface area (Å²) in [6.45, 7) is 5.43. The van der Waals surface area contributed by atoms with Crippen molar-refractivity contribution in [3.05, 3.63) is 29.8 Å². The second-order valence-corrected chi connectivity index (χ2v) is 9.35. The molecule has 2 aliphatic rings. The van der Waals surface area contributed by atoms with Gasteiger partial charge in [0.05, 0.1) is 6.61 Å². The van der Waals surface area contributed by atoms with E-state index in [1.54, 1.807) is 0 Å². The van der Waals surface area contributed by atoms with E-state index in [0.29, 0.717) is 0 Å². The molecule has 0 unspecified atom stereocenters. The third-order valence-corrected chi connectivity index (χ3v) is 7.56. The SMILES string of the molecule is CCCCOc1ccc(CCC2CCC(C3CCC(CC)CC3)CC2)cc1. The molecular formula is C26H42O. The van der Waals surface area contributed by atoms with Crippen LogP contribution in [0.15, 0.2) is 24.3 Å². The van der Waals surface area contributed by atoms with E-state index in [9.17, 15) is 0 Å². The fraction of sp³-hybridized carbons (Fsp3) is 0.769. The van der Waals surface area contributed by atoms with E-state index in [0.717, 1.165) is 42.4 Å². The van der Waals surface area contributed by atoms with Gasteiger partial charge in [-0.1, -0.05) is 64.5 Å². The standard InChI is InChI=1S/C26H42O/c1-3-5-20-27-26-18-12-23(13-19-26)7-6-22-10-16-25(17-11-22)24-14-8-21(4-2)9-15-24/h12-13,18-19,21-22,24-25H,3-11,14-17,20H2,1-2H3. The lowest BCUT2D eigenvalue weighted by atomic mass is 9.68. The fourth-order valence-corrected chi connectivity index (χ4v) is 5.47. The van der Waals surface area contributed by atoms with Gasteiger partial charge in [-0.25, -0.2) is 0 Å². The molecule has 0 heterocycles. The van der Waals surface area contributed by atoms with Gasteiger partial charge in [0.2, 0.25) is 0 Å². The zero-order valence-electron chi connectivity index (χ0n) is 17.9. The highest BCUT2D eigenvalue weighted by Crippen LogP contribution is 2.42. The summed E-state index contributed by atoms with van der Waals surface area (Å²) < 4.78 is 5.78. The Morgan fingerprint density at radius 1 is 0.778 bits per heavy atom. The number of hydrogen-bond acceptors (Lipinski definition) is 1. The molecule has 1 aromatic carbocycles. The van der Waals surface area contributed by atoms with E-state index >= 15 is 0 Å². The van der Waals surface area contributed by atoms with Crippen molar-refractivity contribution in [2.24, 2.45) is 23.7 Å². The van der Waals surface area contributed by atoms with Crippen molar-refractivity contribution < 1.29 is 4.74 Å². The quantitative estimate of drug-likeness (QED) is 0.402. The first-order valence-corrected chi connectivity index (χ1v) is 12.0. The predicted molar refractivity (Wildman–Crippen MR) is 116 cm³/mol. The monoisotopic (exact) mass is 370 g/mol. The average molecular weight is 371 g/mol. The molecular weight excluding hydrogens is 328 g/mol. The lowest BCUT2D eigenvalue weighted by molar-refractivity contribution is 0.142. The van der Waals surface area contributed by atoms with Crippen LogP contribution in [0.4, 0.5) is 0 Å². The first-order chi connectivity index (χ1) is 13.3. The summed E-state index contributed by atoms with van der Waals surface area (Å²) in [6, 6.07) is 8.88. The van der Waals surface area contributed by atoms with Crippen LogP contribution < -0.4 is 4.74 Å². The molecule has 0 radical (unpaired) electrons. The molecule has 1 nitrogen and oxygen atoms in total. The van der Waals surface area contributed by atoms with Crippen LogP contribution in [-0.2, 0) is 6.42 Å². The summed E-state index contributed by atoms with van der Waals surface area (Å²) in [7, 11) is 0. The molecule has 3 rings (SSSR count). The molecule has 2 aliphatic carbocycles. The number of unbranched alkanes of at least 4 members (excludes halogenated alkanes) is 1. The van der Waals surface area contributed by atoms with E-state index < -0.39 is 0 Å². The highest BCUT2D eigenvalue weighted by Gasteiger charge is 2.30. The molecule has 152 valence electrons. The molecule has 0 bridgehead atoms. The average Bonchev–Trinajstić information content (AvgIpc) is 2.74. The second kappa shape index (κ2) is 11.1. The Kier molecular flexibility index (Phi) is 8.55. The molecule has 2 fully saturated rings. The number of rotatable bonds is 9. The molecule has 0 spiro atoms. The topological polar surface area (TPSA) is 9.23 Å². The molecule has 1 heteroatoms. The maximum absolute atomic E-state index is 5.78. The van der Waals surface area contributed by atoms with Crippen LogP contribution in [0.2, 0.25) is 0 Å². The van der Waals surface area contributed by atoms with Gasteiger partial charge >= 0.3 is 0 Å². The van der Waals surface area contributed by atoms with E-state index in [-0.39, 0.29) is 0 Å². The van der Waals surface area contributed by atoms with Crippen LogP contribution in [-0.4, -0.2) is 6.61 Å².